The fraction of sp³-hybridized carbons (Fsp3) is 0.850. The molecular formula is C20H24O6. The van der Waals surface area contributed by atoms with Crippen LogP contribution in [-0.2, 0) is 23.7 Å². The van der Waals surface area contributed by atoms with Crippen LogP contribution in [0, 0.1) is 17.3 Å². The SMILES string of the molecule is CC(C)[C@]12O[C@H]1C1O[C@@]13[C@@]1(C)CCC4=C(COC4=O)[C@@H]1CC1O[C@@]13[C@@H]2O. The summed E-state index contributed by atoms with van der Waals surface area (Å²) in [7, 11) is 0. The van der Waals surface area contributed by atoms with Crippen molar-refractivity contribution in [3.63, 3.8) is 0 Å². The van der Waals surface area contributed by atoms with E-state index in [4.69, 9.17) is 18.9 Å². The Morgan fingerprint density at radius 2 is 2.00 bits per heavy atom. The number of ether oxygens (including phenoxy) is 4. The topological polar surface area (TPSA) is 84.1 Å². The molecule has 1 N–H and O–H groups in total. The van der Waals surface area contributed by atoms with Crippen LogP contribution in [-0.4, -0.2) is 58.9 Å². The van der Waals surface area contributed by atoms with E-state index in [1.165, 1.54) is 0 Å². The van der Waals surface area contributed by atoms with Gasteiger partial charge in [-0.05, 0) is 36.7 Å². The molecule has 7 aliphatic rings. The molecule has 5 fully saturated rings. The molecule has 6 heteroatoms. The Kier molecular flexibility index (Phi) is 2.19. The Labute approximate surface area is 151 Å². The maximum atomic E-state index is 12.1. The molecule has 0 amide bonds. The van der Waals surface area contributed by atoms with E-state index in [1.54, 1.807) is 0 Å². The fourth-order valence-electron chi connectivity index (χ4n) is 7.70. The monoisotopic (exact) mass is 360 g/mol. The van der Waals surface area contributed by atoms with Gasteiger partial charge in [-0.2, -0.15) is 0 Å². The molecule has 2 saturated carbocycles. The standard InChI is InChI=1S/C20H24O6/c1-8(2)18-13(25-18)14-20(26-14)17(3)5-4-9-10(7-23-15(9)21)11(17)6-12-19(20,24-12)16(18)22/h8,11-14,16,22H,4-7H2,1-3H3/t11-,12?,13-,14?,16+,17-,18-,19+,20+/m0/s1. The van der Waals surface area contributed by atoms with Crippen molar-refractivity contribution in [2.24, 2.45) is 17.3 Å². The molecule has 0 aromatic rings. The van der Waals surface area contributed by atoms with Crippen LogP contribution in [0.25, 0.3) is 0 Å². The molecular weight excluding hydrogens is 336 g/mol. The quantitative estimate of drug-likeness (QED) is 0.557. The number of fused-ring (bicyclic) bond motifs is 4. The molecule has 4 aliphatic heterocycles. The molecule has 2 unspecified atom stereocenters. The minimum absolute atomic E-state index is 0.00808. The van der Waals surface area contributed by atoms with E-state index < -0.39 is 22.9 Å². The first-order valence-electron chi connectivity index (χ1n) is 9.95. The number of carbonyl (C=O) groups is 1. The first kappa shape index (κ1) is 15.0. The summed E-state index contributed by atoms with van der Waals surface area (Å²) < 4.78 is 24.3. The third kappa shape index (κ3) is 1.14. The predicted molar refractivity (Wildman–Crippen MR) is 87.1 cm³/mol. The van der Waals surface area contributed by atoms with Crippen molar-refractivity contribution >= 4 is 5.97 Å². The van der Waals surface area contributed by atoms with Crippen molar-refractivity contribution in [1.82, 2.24) is 0 Å². The molecule has 3 saturated heterocycles. The number of rotatable bonds is 1. The van der Waals surface area contributed by atoms with E-state index in [0.717, 1.165) is 30.4 Å². The molecule has 26 heavy (non-hydrogen) atoms. The highest BCUT2D eigenvalue weighted by Crippen LogP contribution is 2.82. The van der Waals surface area contributed by atoms with E-state index in [9.17, 15) is 9.90 Å². The van der Waals surface area contributed by atoms with Gasteiger partial charge in [-0.1, -0.05) is 20.8 Å². The number of aliphatic hydroxyl groups is 1. The maximum absolute atomic E-state index is 12.1. The number of hydrogen-bond acceptors (Lipinski definition) is 6. The molecule has 140 valence electrons. The average molecular weight is 360 g/mol. The highest BCUT2D eigenvalue weighted by Gasteiger charge is 3.00. The van der Waals surface area contributed by atoms with Crippen LogP contribution >= 0.6 is 0 Å². The second kappa shape index (κ2) is 3.79. The number of carbonyl (C=O) groups excluding carboxylic acids is 1. The van der Waals surface area contributed by atoms with Gasteiger partial charge in [0.1, 0.15) is 36.1 Å². The van der Waals surface area contributed by atoms with E-state index >= 15 is 0 Å². The largest absolute Gasteiger partial charge is 0.458 e. The molecule has 0 bridgehead atoms. The summed E-state index contributed by atoms with van der Waals surface area (Å²) in [6.07, 6.45) is 1.71. The van der Waals surface area contributed by atoms with E-state index in [2.05, 4.69) is 20.8 Å². The van der Waals surface area contributed by atoms with Gasteiger partial charge in [-0.25, -0.2) is 4.79 Å². The normalized spacial score (nSPS) is 63.1. The maximum Gasteiger partial charge on any atom is 0.334 e. The summed E-state index contributed by atoms with van der Waals surface area (Å²) in [5, 5.41) is 11.4. The number of hydrogen-bond donors (Lipinski definition) is 1. The van der Waals surface area contributed by atoms with Crippen LogP contribution in [0.1, 0.15) is 40.0 Å². The van der Waals surface area contributed by atoms with Crippen molar-refractivity contribution in [1.29, 1.82) is 0 Å². The zero-order valence-corrected chi connectivity index (χ0v) is 15.3. The fourth-order valence-corrected chi connectivity index (χ4v) is 7.70. The third-order valence-corrected chi connectivity index (χ3v) is 9.10. The minimum atomic E-state index is -0.654. The predicted octanol–water partition coefficient (Wildman–Crippen LogP) is 1.10. The lowest BCUT2D eigenvalue weighted by Gasteiger charge is -2.53. The van der Waals surface area contributed by atoms with Crippen LogP contribution in [0.2, 0.25) is 0 Å². The minimum Gasteiger partial charge on any atom is -0.458 e. The Hall–Kier alpha value is -0.950. The lowest BCUT2D eigenvalue weighted by Crippen LogP contribution is -2.69. The zero-order valence-electron chi connectivity index (χ0n) is 15.3. The molecule has 3 aliphatic carbocycles. The van der Waals surface area contributed by atoms with Crippen molar-refractivity contribution in [3.8, 4) is 0 Å². The van der Waals surface area contributed by atoms with Gasteiger partial charge in [0.2, 0.25) is 0 Å². The van der Waals surface area contributed by atoms with E-state index in [1.807, 2.05) is 0 Å². The van der Waals surface area contributed by atoms with Gasteiger partial charge in [0.05, 0.1) is 6.10 Å². The first-order valence-corrected chi connectivity index (χ1v) is 9.95. The van der Waals surface area contributed by atoms with Crippen LogP contribution in [0.5, 0.6) is 0 Å². The summed E-state index contributed by atoms with van der Waals surface area (Å²) in [4.78, 5) is 12.1. The Balaban J connectivity index is 1.39. The van der Waals surface area contributed by atoms with Gasteiger partial charge >= 0.3 is 5.97 Å². The van der Waals surface area contributed by atoms with Gasteiger partial charge < -0.3 is 24.1 Å². The Morgan fingerprint density at radius 3 is 2.77 bits per heavy atom. The third-order valence-electron chi connectivity index (χ3n) is 9.10. The number of aliphatic hydroxyl groups excluding tert-OH is 1. The lowest BCUT2D eigenvalue weighted by atomic mass is 9.46. The smallest absolute Gasteiger partial charge is 0.334 e. The summed E-state index contributed by atoms with van der Waals surface area (Å²) >= 11 is 0. The van der Waals surface area contributed by atoms with Crippen molar-refractivity contribution in [2.75, 3.05) is 6.61 Å². The van der Waals surface area contributed by atoms with Gasteiger partial charge in [-0.15, -0.1) is 0 Å². The lowest BCUT2D eigenvalue weighted by molar-refractivity contribution is -0.136. The first-order chi connectivity index (χ1) is 12.3. The van der Waals surface area contributed by atoms with E-state index in [-0.39, 0.29) is 41.5 Å². The number of cyclic esters (lactones) is 1. The molecule has 0 aromatic carbocycles. The van der Waals surface area contributed by atoms with E-state index in [0.29, 0.717) is 6.61 Å². The molecule has 7 rings (SSSR count). The van der Waals surface area contributed by atoms with Crippen LogP contribution < -0.4 is 0 Å². The summed E-state index contributed by atoms with van der Waals surface area (Å²) in [6, 6.07) is 0. The molecule has 6 nitrogen and oxygen atoms in total. The summed E-state index contributed by atoms with van der Waals surface area (Å²) in [5.74, 6) is 0.297. The van der Waals surface area contributed by atoms with Gasteiger partial charge in [0, 0.05) is 11.0 Å². The van der Waals surface area contributed by atoms with Crippen molar-refractivity contribution in [3.05, 3.63) is 11.1 Å². The molecule has 0 radical (unpaired) electrons. The average Bonchev–Trinajstić information content (AvgIpc) is 3.47. The highest BCUT2D eigenvalue weighted by atomic mass is 16.7. The van der Waals surface area contributed by atoms with Crippen LogP contribution in [0.3, 0.4) is 0 Å². The highest BCUT2D eigenvalue weighted by molar-refractivity contribution is 5.92. The van der Waals surface area contributed by atoms with Crippen LogP contribution in [0.4, 0.5) is 0 Å². The molecule has 0 aromatic heterocycles. The van der Waals surface area contributed by atoms with Crippen molar-refractivity contribution < 1.29 is 28.8 Å². The second-order valence-electron chi connectivity index (χ2n) is 9.91. The summed E-state index contributed by atoms with van der Waals surface area (Å²) in [5.41, 5.74) is 0.230. The zero-order chi connectivity index (χ0) is 17.9. The van der Waals surface area contributed by atoms with Gasteiger partial charge in [0.25, 0.3) is 0 Å². The summed E-state index contributed by atoms with van der Waals surface area (Å²) in [6.45, 7) is 6.91. The number of epoxide rings is 3. The molecule has 4 heterocycles. The van der Waals surface area contributed by atoms with Gasteiger partial charge in [0.15, 0.2) is 5.60 Å². The number of esters is 1. The molecule has 2 spiro atoms. The Morgan fingerprint density at radius 1 is 1.19 bits per heavy atom. The van der Waals surface area contributed by atoms with Crippen molar-refractivity contribution in [2.45, 2.75) is 81.3 Å². The van der Waals surface area contributed by atoms with Gasteiger partial charge in [-0.3, -0.25) is 0 Å². The second-order valence-corrected chi connectivity index (χ2v) is 9.91. The molecule has 9 atom stereocenters. The van der Waals surface area contributed by atoms with Crippen LogP contribution in [0.15, 0.2) is 11.1 Å². The Bertz CT molecular complexity index is 819.